The van der Waals surface area contributed by atoms with Crippen LogP contribution < -0.4 is 21.5 Å². The van der Waals surface area contributed by atoms with Crippen molar-refractivity contribution in [2.75, 3.05) is 0 Å². The highest BCUT2D eigenvalue weighted by Gasteiger charge is 2.40. The molecule has 0 aromatic carbocycles. The number of hydrogen-bond donors (Lipinski definition) is 4. The van der Waals surface area contributed by atoms with Crippen LogP contribution in [0.25, 0.3) is 0 Å². The summed E-state index contributed by atoms with van der Waals surface area (Å²) in [6.45, 7) is 0. The molecule has 0 unspecified atom stereocenters. The summed E-state index contributed by atoms with van der Waals surface area (Å²) >= 11 is 10.8. The number of thiocarbonyl (C=S) groups is 2. The fourth-order valence-electron chi connectivity index (χ4n) is 5.37. The van der Waals surface area contributed by atoms with Crippen LogP contribution in [0, 0.1) is 23.7 Å². The lowest BCUT2D eigenvalue weighted by atomic mass is 9.95. The Morgan fingerprint density at radius 3 is 1.41 bits per heavy atom. The second kappa shape index (κ2) is 6.11. The molecule has 4 aliphatic rings. The van der Waals surface area contributed by atoms with Gasteiger partial charge in [-0.2, -0.15) is 0 Å². The third-order valence-corrected chi connectivity index (χ3v) is 6.84. The summed E-state index contributed by atoms with van der Waals surface area (Å²) in [6, 6.07) is 1.13. The molecular formula is C16H26N4S2. The zero-order valence-corrected chi connectivity index (χ0v) is 14.6. The van der Waals surface area contributed by atoms with Crippen molar-refractivity contribution in [1.82, 2.24) is 21.5 Å². The van der Waals surface area contributed by atoms with Crippen molar-refractivity contribution in [3.63, 3.8) is 0 Å². The summed E-state index contributed by atoms with van der Waals surface area (Å²) in [4.78, 5) is 0. The van der Waals surface area contributed by atoms with Gasteiger partial charge in [-0.25, -0.2) is 0 Å². The zero-order chi connectivity index (χ0) is 15.1. The third kappa shape index (κ3) is 3.04. The van der Waals surface area contributed by atoms with Gasteiger partial charge in [-0.05, 0) is 86.6 Å². The molecule has 0 amide bonds. The number of hydrazine groups is 1. The van der Waals surface area contributed by atoms with Crippen molar-refractivity contribution in [1.29, 1.82) is 0 Å². The minimum atomic E-state index is 0.563. The number of nitrogens with one attached hydrogen (secondary N) is 4. The SMILES string of the molecule is S=C(NNC(=S)N[C@@H]1C[C@H]2CC[C@H]1C2)N[C@H]1C[C@H]2CC[C@H]1C2. The summed E-state index contributed by atoms with van der Waals surface area (Å²) < 4.78 is 0. The van der Waals surface area contributed by atoms with Crippen LogP contribution in [0.4, 0.5) is 0 Å². The molecule has 4 saturated carbocycles. The molecule has 0 aromatic heterocycles. The first kappa shape index (κ1) is 14.9. The van der Waals surface area contributed by atoms with Gasteiger partial charge in [-0.15, -0.1) is 0 Å². The molecule has 0 heterocycles. The van der Waals surface area contributed by atoms with E-state index < -0.39 is 0 Å². The summed E-state index contributed by atoms with van der Waals surface area (Å²) in [5, 5.41) is 8.26. The van der Waals surface area contributed by atoms with E-state index >= 15 is 0 Å². The van der Waals surface area contributed by atoms with E-state index in [-0.39, 0.29) is 0 Å². The topological polar surface area (TPSA) is 48.1 Å². The molecule has 22 heavy (non-hydrogen) atoms. The van der Waals surface area contributed by atoms with E-state index in [0.29, 0.717) is 22.3 Å². The Morgan fingerprint density at radius 2 is 1.09 bits per heavy atom. The molecule has 4 N–H and O–H groups in total. The molecule has 4 aliphatic carbocycles. The molecule has 4 rings (SSSR count). The molecule has 6 atom stereocenters. The normalized spacial score (nSPS) is 41.5. The standard InChI is InChI=1S/C16H26N4S2/c21-15(17-13-7-9-1-3-11(13)5-9)19-20-16(22)18-14-8-10-2-4-12(14)6-10/h9-14H,1-8H2,(H2,17,19,21)(H2,18,20,22)/t9-,10-,11-,12-,13-,14+/m0/s1. The van der Waals surface area contributed by atoms with Gasteiger partial charge >= 0.3 is 0 Å². The van der Waals surface area contributed by atoms with Crippen LogP contribution in [0.5, 0.6) is 0 Å². The van der Waals surface area contributed by atoms with Gasteiger partial charge in [0.25, 0.3) is 0 Å². The molecule has 4 nitrogen and oxygen atoms in total. The molecule has 0 saturated heterocycles. The highest BCUT2D eigenvalue weighted by atomic mass is 32.1. The van der Waals surface area contributed by atoms with Gasteiger partial charge in [0.2, 0.25) is 0 Å². The zero-order valence-electron chi connectivity index (χ0n) is 12.9. The lowest BCUT2D eigenvalue weighted by Gasteiger charge is -2.26. The van der Waals surface area contributed by atoms with Gasteiger partial charge in [-0.3, -0.25) is 10.9 Å². The molecule has 0 radical (unpaired) electrons. The second-order valence-corrected chi connectivity index (χ2v) is 8.58. The van der Waals surface area contributed by atoms with Gasteiger partial charge in [0.05, 0.1) is 0 Å². The van der Waals surface area contributed by atoms with Crippen LogP contribution in [0.3, 0.4) is 0 Å². The maximum Gasteiger partial charge on any atom is 0.185 e. The van der Waals surface area contributed by atoms with Gasteiger partial charge in [-0.1, -0.05) is 12.8 Å². The van der Waals surface area contributed by atoms with Crippen molar-refractivity contribution in [3.05, 3.63) is 0 Å². The van der Waals surface area contributed by atoms with E-state index in [4.69, 9.17) is 24.4 Å². The lowest BCUT2D eigenvalue weighted by Crippen LogP contribution is -2.54. The van der Waals surface area contributed by atoms with Crippen LogP contribution >= 0.6 is 24.4 Å². The lowest BCUT2D eigenvalue weighted by molar-refractivity contribution is 0.385. The Hall–Kier alpha value is -0.620. The van der Waals surface area contributed by atoms with E-state index in [9.17, 15) is 0 Å². The summed E-state index contributed by atoms with van der Waals surface area (Å²) in [5.41, 5.74) is 6.11. The van der Waals surface area contributed by atoms with E-state index in [1.807, 2.05) is 0 Å². The van der Waals surface area contributed by atoms with Gasteiger partial charge in [0.1, 0.15) is 0 Å². The maximum atomic E-state index is 5.39. The quantitative estimate of drug-likeness (QED) is 0.457. The fourth-order valence-corrected chi connectivity index (χ4v) is 5.77. The van der Waals surface area contributed by atoms with Gasteiger partial charge in [0.15, 0.2) is 10.2 Å². The van der Waals surface area contributed by atoms with Crippen LogP contribution in [-0.4, -0.2) is 22.3 Å². The maximum absolute atomic E-state index is 5.39. The van der Waals surface area contributed by atoms with E-state index in [0.717, 1.165) is 23.7 Å². The molecule has 4 fully saturated rings. The van der Waals surface area contributed by atoms with Crippen molar-refractivity contribution in [3.8, 4) is 0 Å². The first-order valence-electron chi connectivity index (χ1n) is 8.80. The smallest absolute Gasteiger partial charge is 0.185 e. The molecule has 4 bridgehead atoms. The largest absolute Gasteiger partial charge is 0.358 e. The van der Waals surface area contributed by atoms with E-state index in [1.54, 1.807) is 0 Å². The van der Waals surface area contributed by atoms with Crippen LogP contribution in [-0.2, 0) is 0 Å². The Labute approximate surface area is 143 Å². The average molecular weight is 339 g/mol. The average Bonchev–Trinajstić information content (AvgIpc) is 3.25. The number of hydrogen-bond acceptors (Lipinski definition) is 2. The first-order chi connectivity index (χ1) is 10.7. The van der Waals surface area contributed by atoms with Gasteiger partial charge < -0.3 is 10.6 Å². The summed E-state index contributed by atoms with van der Waals surface area (Å²) in [6.07, 6.45) is 10.9. The number of fused-ring (bicyclic) bond motifs is 4. The van der Waals surface area contributed by atoms with Crippen molar-refractivity contribution >= 4 is 34.7 Å². The van der Waals surface area contributed by atoms with Crippen molar-refractivity contribution < 1.29 is 0 Å². The monoisotopic (exact) mass is 338 g/mol. The predicted octanol–water partition coefficient (Wildman–Crippen LogP) is 2.21. The molecule has 6 heteroatoms. The Bertz CT molecular complexity index is 427. The second-order valence-electron chi connectivity index (χ2n) is 7.76. The molecule has 0 aromatic rings. The van der Waals surface area contributed by atoms with Crippen LogP contribution in [0.2, 0.25) is 0 Å². The van der Waals surface area contributed by atoms with E-state index in [2.05, 4.69) is 21.5 Å². The Kier molecular flexibility index (Phi) is 4.15. The minimum Gasteiger partial charge on any atom is -0.358 e. The highest BCUT2D eigenvalue weighted by molar-refractivity contribution is 7.80. The van der Waals surface area contributed by atoms with Crippen molar-refractivity contribution in [2.45, 2.75) is 63.5 Å². The van der Waals surface area contributed by atoms with Gasteiger partial charge in [0, 0.05) is 12.1 Å². The molecule has 0 aliphatic heterocycles. The predicted molar refractivity (Wildman–Crippen MR) is 96.2 cm³/mol. The van der Waals surface area contributed by atoms with Crippen molar-refractivity contribution in [2.24, 2.45) is 23.7 Å². The Morgan fingerprint density at radius 1 is 0.636 bits per heavy atom. The molecule has 122 valence electrons. The molecule has 0 spiro atoms. The van der Waals surface area contributed by atoms with Crippen LogP contribution in [0.1, 0.15) is 51.4 Å². The summed E-state index contributed by atoms with van der Waals surface area (Å²) in [7, 11) is 0. The van der Waals surface area contributed by atoms with E-state index in [1.165, 1.54) is 51.4 Å². The number of rotatable bonds is 2. The van der Waals surface area contributed by atoms with Crippen LogP contribution in [0.15, 0.2) is 0 Å². The third-order valence-electron chi connectivity index (χ3n) is 6.40. The summed E-state index contributed by atoms with van der Waals surface area (Å²) in [5.74, 6) is 3.50. The highest BCUT2D eigenvalue weighted by Crippen LogP contribution is 2.45. The molecular weight excluding hydrogens is 312 g/mol. The fraction of sp³-hybridized carbons (Fsp3) is 0.875. The first-order valence-corrected chi connectivity index (χ1v) is 9.62. The minimum absolute atomic E-state index is 0.563. The Balaban J connectivity index is 1.16.